The van der Waals surface area contributed by atoms with Crippen molar-refractivity contribution in [2.45, 2.75) is 57.3 Å². The third-order valence-electron chi connectivity index (χ3n) is 5.78. The first-order chi connectivity index (χ1) is 9.46. The van der Waals surface area contributed by atoms with Crippen LogP contribution >= 0.6 is 0 Å². The van der Waals surface area contributed by atoms with Crippen LogP contribution in [0, 0.1) is 23.7 Å². The van der Waals surface area contributed by atoms with E-state index in [9.17, 15) is 4.79 Å². The van der Waals surface area contributed by atoms with Crippen LogP contribution in [0.3, 0.4) is 0 Å². The van der Waals surface area contributed by atoms with Gasteiger partial charge in [-0.25, -0.2) is 4.89 Å². The van der Waals surface area contributed by atoms with Crippen LogP contribution in [0.2, 0.25) is 0 Å². The Morgan fingerprint density at radius 2 is 1.95 bits per heavy atom. The minimum Gasteiger partial charge on any atom is -0.432 e. The van der Waals surface area contributed by atoms with Gasteiger partial charge < -0.3 is 4.74 Å². The van der Waals surface area contributed by atoms with E-state index in [1.165, 1.54) is 0 Å². The van der Waals surface area contributed by atoms with Crippen molar-refractivity contribution in [2.24, 2.45) is 29.4 Å². The molecule has 0 aromatic rings. The van der Waals surface area contributed by atoms with Gasteiger partial charge in [0, 0.05) is 18.3 Å². The zero-order chi connectivity index (χ0) is 14.1. The lowest BCUT2D eigenvalue weighted by molar-refractivity contribution is -0.562. The molecule has 1 aliphatic carbocycles. The number of carbonyl (C=O) groups is 1. The number of nitrogens with two attached hydrogens (primary N) is 1. The van der Waals surface area contributed by atoms with Gasteiger partial charge in [-0.05, 0) is 25.2 Å². The van der Waals surface area contributed by atoms with Crippen LogP contribution < -0.4 is 5.73 Å². The van der Waals surface area contributed by atoms with Crippen molar-refractivity contribution in [3.8, 4) is 0 Å². The molecule has 6 heteroatoms. The molecule has 6 nitrogen and oxygen atoms in total. The molecule has 0 aromatic carbocycles. The summed E-state index contributed by atoms with van der Waals surface area (Å²) in [7, 11) is 0. The molecule has 0 amide bonds. The third-order valence-corrected chi connectivity index (χ3v) is 5.78. The van der Waals surface area contributed by atoms with Crippen molar-refractivity contribution in [3.05, 3.63) is 0 Å². The van der Waals surface area contributed by atoms with Crippen molar-refractivity contribution in [1.29, 1.82) is 0 Å². The van der Waals surface area contributed by atoms with E-state index in [0.717, 1.165) is 19.3 Å². The van der Waals surface area contributed by atoms with E-state index in [0.29, 0.717) is 12.3 Å². The highest BCUT2D eigenvalue weighted by Crippen LogP contribution is 2.58. The van der Waals surface area contributed by atoms with Crippen molar-refractivity contribution in [2.75, 3.05) is 0 Å². The smallest absolute Gasteiger partial charge is 0.311 e. The Bertz CT molecular complexity index is 457. The van der Waals surface area contributed by atoms with Crippen LogP contribution in [0.15, 0.2) is 0 Å². The second-order valence-corrected chi connectivity index (χ2v) is 6.81. The lowest BCUT2D eigenvalue weighted by Crippen LogP contribution is -2.71. The molecule has 0 aromatic heterocycles. The van der Waals surface area contributed by atoms with Crippen LogP contribution in [-0.4, -0.2) is 23.8 Å². The van der Waals surface area contributed by atoms with Crippen LogP contribution in [-0.2, 0) is 24.0 Å². The molecule has 5 fully saturated rings. The van der Waals surface area contributed by atoms with Gasteiger partial charge in [-0.15, -0.1) is 0 Å². The van der Waals surface area contributed by atoms with Gasteiger partial charge in [0.25, 0.3) is 5.91 Å². The van der Waals surface area contributed by atoms with Crippen LogP contribution in [0.5, 0.6) is 0 Å². The normalized spacial score (nSPS) is 57.8. The van der Waals surface area contributed by atoms with Crippen molar-refractivity contribution in [1.82, 2.24) is 0 Å². The fourth-order valence-corrected chi connectivity index (χ4v) is 4.64. The average molecular weight is 283 g/mol. The topological polar surface area (TPSA) is 80.0 Å². The Morgan fingerprint density at radius 3 is 2.75 bits per heavy atom. The van der Waals surface area contributed by atoms with E-state index in [4.69, 9.17) is 25.0 Å². The van der Waals surface area contributed by atoms with E-state index in [1.54, 1.807) is 0 Å². The molecular formula is C14H21NO5. The van der Waals surface area contributed by atoms with E-state index < -0.39 is 17.8 Å². The van der Waals surface area contributed by atoms with E-state index in [1.807, 2.05) is 6.92 Å². The summed E-state index contributed by atoms with van der Waals surface area (Å²) in [5.41, 5.74) is 5.36. The molecule has 20 heavy (non-hydrogen) atoms. The molecule has 5 rings (SSSR count). The highest BCUT2D eigenvalue weighted by atomic mass is 17.3. The van der Waals surface area contributed by atoms with Crippen molar-refractivity contribution >= 4 is 5.97 Å². The lowest BCUT2D eigenvalue weighted by Gasteiger charge is -2.57. The van der Waals surface area contributed by atoms with Gasteiger partial charge in [0.05, 0.1) is 5.92 Å². The van der Waals surface area contributed by atoms with Gasteiger partial charge in [0.2, 0.25) is 6.29 Å². The number of rotatable bonds is 0. The Hall–Kier alpha value is -0.690. The number of ether oxygens (including phenoxy) is 2. The predicted molar refractivity (Wildman–Crippen MR) is 66.6 cm³/mol. The molecule has 7 atom stereocenters. The first-order valence-corrected chi connectivity index (χ1v) is 7.50. The number of esters is 1. The maximum absolute atomic E-state index is 12.1. The summed E-state index contributed by atoms with van der Waals surface area (Å²) in [6, 6.07) is 0. The van der Waals surface area contributed by atoms with Crippen molar-refractivity contribution < 1.29 is 24.0 Å². The largest absolute Gasteiger partial charge is 0.432 e. The monoisotopic (exact) mass is 283 g/mol. The minimum absolute atomic E-state index is 0.0672. The standard InChI is InChI=1S/C14H21NO5/c1-7-3-4-10-8(2)11(16)17-12-14(10)9(7)5-6-13(15,18-12)19-20-14/h7-10,12H,3-6,15H2,1-2H3/t7-,8-,9?,10?,12-,13+,14-/m1/s1. The molecule has 1 saturated carbocycles. The second-order valence-electron chi connectivity index (χ2n) is 6.81. The molecule has 4 saturated heterocycles. The Balaban J connectivity index is 1.84. The summed E-state index contributed by atoms with van der Waals surface area (Å²) >= 11 is 0. The molecule has 112 valence electrons. The predicted octanol–water partition coefficient (Wildman–Crippen LogP) is 1.29. The number of carbonyl (C=O) groups excluding carboxylic acids is 1. The maximum atomic E-state index is 12.1. The molecule has 2 bridgehead atoms. The highest BCUT2D eigenvalue weighted by Gasteiger charge is 2.70. The molecular weight excluding hydrogens is 262 g/mol. The Labute approximate surface area is 117 Å². The van der Waals surface area contributed by atoms with Gasteiger partial charge in [0.1, 0.15) is 0 Å². The molecule has 2 N–H and O–H groups in total. The van der Waals surface area contributed by atoms with Gasteiger partial charge in [-0.3, -0.25) is 15.3 Å². The zero-order valence-corrected chi connectivity index (χ0v) is 11.8. The lowest BCUT2D eigenvalue weighted by atomic mass is 9.58. The molecule has 5 aliphatic rings. The fraction of sp³-hybridized carbons (Fsp3) is 0.929. The third kappa shape index (κ3) is 1.45. The number of hydrogen-bond donors (Lipinski definition) is 1. The van der Waals surface area contributed by atoms with Crippen molar-refractivity contribution in [3.63, 3.8) is 0 Å². The highest BCUT2D eigenvalue weighted by molar-refractivity contribution is 5.74. The summed E-state index contributed by atoms with van der Waals surface area (Å²) < 4.78 is 11.3. The average Bonchev–Trinajstić information content (AvgIpc) is 2.63. The molecule has 0 radical (unpaired) electrons. The molecule has 2 unspecified atom stereocenters. The Kier molecular flexibility index (Phi) is 2.56. The first-order valence-electron chi connectivity index (χ1n) is 7.50. The van der Waals surface area contributed by atoms with Gasteiger partial charge in [-0.2, -0.15) is 4.89 Å². The molecule has 1 spiro atoms. The minimum atomic E-state index is -1.29. The van der Waals surface area contributed by atoms with Gasteiger partial charge in [0.15, 0.2) is 5.60 Å². The summed E-state index contributed by atoms with van der Waals surface area (Å²) in [6.45, 7) is 4.13. The van der Waals surface area contributed by atoms with Crippen LogP contribution in [0.1, 0.15) is 39.5 Å². The summed E-state index contributed by atoms with van der Waals surface area (Å²) in [6.07, 6.45) is 2.69. The zero-order valence-electron chi connectivity index (χ0n) is 11.8. The molecule has 4 aliphatic heterocycles. The SMILES string of the molecule is C[C@@H]1CCC2[C@@H](C)C(=O)O[C@@H]3O[C@@]4(N)CCC1[C@@]23OO4. The van der Waals surface area contributed by atoms with E-state index in [2.05, 4.69) is 6.92 Å². The first kappa shape index (κ1) is 13.0. The van der Waals surface area contributed by atoms with Crippen LogP contribution in [0.4, 0.5) is 0 Å². The van der Waals surface area contributed by atoms with E-state index in [-0.39, 0.29) is 23.7 Å². The van der Waals surface area contributed by atoms with Crippen LogP contribution in [0.25, 0.3) is 0 Å². The maximum Gasteiger partial charge on any atom is 0.311 e. The quantitative estimate of drug-likeness (QED) is 0.533. The number of hydrogen-bond acceptors (Lipinski definition) is 6. The summed E-state index contributed by atoms with van der Waals surface area (Å²) in [5, 5.41) is 0. The van der Waals surface area contributed by atoms with Gasteiger partial charge >= 0.3 is 5.97 Å². The number of fused-ring (bicyclic) bond motifs is 2. The second kappa shape index (κ2) is 3.94. The summed E-state index contributed by atoms with van der Waals surface area (Å²) in [4.78, 5) is 23.3. The van der Waals surface area contributed by atoms with Gasteiger partial charge in [-0.1, -0.05) is 13.8 Å². The molecule has 4 heterocycles. The van der Waals surface area contributed by atoms with E-state index >= 15 is 0 Å². The summed E-state index contributed by atoms with van der Waals surface area (Å²) in [5.74, 6) is -0.925. The fourth-order valence-electron chi connectivity index (χ4n) is 4.64. The Morgan fingerprint density at radius 1 is 1.15 bits per heavy atom.